The predicted octanol–water partition coefficient (Wildman–Crippen LogP) is 3.45. The molecule has 3 nitrogen and oxygen atoms in total. The summed E-state index contributed by atoms with van der Waals surface area (Å²) in [6.45, 7) is 0. The highest BCUT2D eigenvalue weighted by Crippen LogP contribution is 2.32. The fourth-order valence-electron chi connectivity index (χ4n) is 2.42. The molecule has 0 saturated heterocycles. The van der Waals surface area contributed by atoms with E-state index >= 15 is 0 Å². The van der Waals surface area contributed by atoms with Crippen molar-refractivity contribution in [3.05, 3.63) is 53.8 Å². The summed E-state index contributed by atoms with van der Waals surface area (Å²) in [5.74, 6) is -0.428. The SMILES string of the molecule is Nc1cc(F)cc(SC2CCc3ccccc3NC2=O)c1. The topological polar surface area (TPSA) is 55.1 Å². The molecule has 0 aromatic heterocycles. The van der Waals surface area contributed by atoms with Gasteiger partial charge in [0.25, 0.3) is 0 Å². The molecule has 1 atom stereocenters. The average molecular weight is 302 g/mol. The number of hydrogen-bond acceptors (Lipinski definition) is 3. The molecule has 0 aliphatic carbocycles. The Balaban J connectivity index is 1.79. The van der Waals surface area contributed by atoms with Gasteiger partial charge in [-0.05, 0) is 42.7 Å². The quantitative estimate of drug-likeness (QED) is 0.835. The van der Waals surface area contributed by atoms with E-state index in [1.165, 1.54) is 23.9 Å². The zero-order valence-electron chi connectivity index (χ0n) is 11.3. The highest BCUT2D eigenvalue weighted by molar-refractivity contribution is 8.00. The third-order valence-corrected chi connectivity index (χ3v) is 4.66. The van der Waals surface area contributed by atoms with Crippen molar-refractivity contribution in [2.75, 3.05) is 11.1 Å². The molecule has 0 radical (unpaired) electrons. The van der Waals surface area contributed by atoms with Gasteiger partial charge in [0.1, 0.15) is 5.82 Å². The normalized spacial score (nSPS) is 17.8. The van der Waals surface area contributed by atoms with Crippen LogP contribution < -0.4 is 11.1 Å². The number of amides is 1. The Morgan fingerprint density at radius 3 is 2.86 bits per heavy atom. The van der Waals surface area contributed by atoms with Crippen LogP contribution in [-0.2, 0) is 11.2 Å². The van der Waals surface area contributed by atoms with Crippen LogP contribution in [0.1, 0.15) is 12.0 Å². The van der Waals surface area contributed by atoms with Crippen LogP contribution in [0, 0.1) is 5.82 Å². The van der Waals surface area contributed by atoms with E-state index in [9.17, 15) is 9.18 Å². The Hall–Kier alpha value is -2.01. The molecular formula is C16H15FN2OS. The first-order valence-corrected chi connectivity index (χ1v) is 7.61. The van der Waals surface area contributed by atoms with Gasteiger partial charge in [0.15, 0.2) is 0 Å². The van der Waals surface area contributed by atoms with Crippen molar-refractivity contribution in [1.82, 2.24) is 0 Å². The Bertz CT molecular complexity index is 669. The number of anilines is 2. The predicted molar refractivity (Wildman–Crippen MR) is 83.9 cm³/mol. The second-order valence-electron chi connectivity index (χ2n) is 5.01. The van der Waals surface area contributed by atoms with Crippen molar-refractivity contribution >= 4 is 29.0 Å². The Morgan fingerprint density at radius 1 is 1.24 bits per heavy atom. The van der Waals surface area contributed by atoms with Crippen LogP contribution in [0.2, 0.25) is 0 Å². The second-order valence-corrected chi connectivity index (χ2v) is 6.29. The number of rotatable bonds is 2. The smallest absolute Gasteiger partial charge is 0.237 e. The molecule has 21 heavy (non-hydrogen) atoms. The van der Waals surface area contributed by atoms with Crippen LogP contribution in [0.25, 0.3) is 0 Å². The summed E-state index contributed by atoms with van der Waals surface area (Å²) >= 11 is 1.35. The summed E-state index contributed by atoms with van der Waals surface area (Å²) in [5.41, 5.74) is 8.01. The molecule has 2 aromatic carbocycles. The number of thioether (sulfide) groups is 1. The maximum Gasteiger partial charge on any atom is 0.237 e. The molecule has 1 aliphatic rings. The zero-order valence-corrected chi connectivity index (χ0v) is 12.1. The van der Waals surface area contributed by atoms with E-state index in [-0.39, 0.29) is 17.0 Å². The van der Waals surface area contributed by atoms with Gasteiger partial charge in [-0.1, -0.05) is 18.2 Å². The maximum absolute atomic E-state index is 13.4. The third-order valence-electron chi connectivity index (χ3n) is 3.42. The molecule has 3 rings (SSSR count). The fourth-order valence-corrected chi connectivity index (χ4v) is 3.54. The molecule has 0 fully saturated rings. The molecule has 1 heterocycles. The number of nitrogens with one attached hydrogen (secondary N) is 1. The van der Waals surface area contributed by atoms with Crippen molar-refractivity contribution in [3.63, 3.8) is 0 Å². The highest BCUT2D eigenvalue weighted by atomic mass is 32.2. The monoisotopic (exact) mass is 302 g/mol. The van der Waals surface area contributed by atoms with Gasteiger partial charge < -0.3 is 11.1 Å². The summed E-state index contributed by atoms with van der Waals surface area (Å²) in [7, 11) is 0. The number of nitrogen functional groups attached to an aromatic ring is 1. The lowest BCUT2D eigenvalue weighted by Crippen LogP contribution is -2.23. The largest absolute Gasteiger partial charge is 0.399 e. The van der Waals surface area contributed by atoms with Crippen LogP contribution >= 0.6 is 11.8 Å². The van der Waals surface area contributed by atoms with Crippen LogP contribution in [0.5, 0.6) is 0 Å². The van der Waals surface area contributed by atoms with E-state index in [0.29, 0.717) is 17.0 Å². The third kappa shape index (κ3) is 3.19. The summed E-state index contributed by atoms with van der Waals surface area (Å²) in [4.78, 5) is 13.0. The van der Waals surface area contributed by atoms with Gasteiger partial charge in [-0.3, -0.25) is 4.79 Å². The van der Waals surface area contributed by atoms with Crippen molar-refractivity contribution in [1.29, 1.82) is 0 Å². The number of fused-ring (bicyclic) bond motifs is 1. The molecular weight excluding hydrogens is 287 g/mol. The highest BCUT2D eigenvalue weighted by Gasteiger charge is 2.24. The van der Waals surface area contributed by atoms with Crippen molar-refractivity contribution in [2.45, 2.75) is 23.0 Å². The van der Waals surface area contributed by atoms with Crippen molar-refractivity contribution in [2.24, 2.45) is 0 Å². The number of nitrogens with two attached hydrogens (primary N) is 1. The van der Waals surface area contributed by atoms with Crippen LogP contribution in [0.3, 0.4) is 0 Å². The first-order chi connectivity index (χ1) is 10.1. The Kier molecular flexibility index (Phi) is 3.84. The van der Waals surface area contributed by atoms with Gasteiger partial charge in [-0.15, -0.1) is 11.8 Å². The lowest BCUT2D eigenvalue weighted by molar-refractivity contribution is -0.115. The number of carbonyl (C=O) groups excluding carboxylic acids is 1. The number of hydrogen-bond donors (Lipinski definition) is 2. The van der Waals surface area contributed by atoms with E-state index < -0.39 is 0 Å². The van der Waals surface area contributed by atoms with Crippen LogP contribution in [0.15, 0.2) is 47.4 Å². The average Bonchev–Trinajstić information content (AvgIpc) is 2.58. The Morgan fingerprint density at radius 2 is 2.05 bits per heavy atom. The number of benzene rings is 2. The van der Waals surface area contributed by atoms with E-state index in [0.717, 1.165) is 17.7 Å². The second kappa shape index (κ2) is 5.77. The van der Waals surface area contributed by atoms with Gasteiger partial charge in [0, 0.05) is 16.3 Å². The Labute approximate surface area is 126 Å². The molecule has 5 heteroatoms. The lowest BCUT2D eigenvalue weighted by Gasteiger charge is -2.13. The molecule has 0 saturated carbocycles. The van der Waals surface area contributed by atoms with E-state index in [4.69, 9.17) is 5.73 Å². The fraction of sp³-hybridized carbons (Fsp3) is 0.188. The first kappa shape index (κ1) is 13.9. The number of carbonyl (C=O) groups is 1. The van der Waals surface area contributed by atoms with Crippen molar-refractivity contribution < 1.29 is 9.18 Å². The minimum absolute atomic E-state index is 0.0483. The van der Waals surface area contributed by atoms with E-state index in [1.54, 1.807) is 6.07 Å². The molecule has 3 N–H and O–H groups in total. The summed E-state index contributed by atoms with van der Waals surface area (Å²) < 4.78 is 13.4. The van der Waals surface area contributed by atoms with Gasteiger partial charge in [-0.2, -0.15) is 0 Å². The molecule has 108 valence electrons. The molecule has 1 aliphatic heterocycles. The minimum atomic E-state index is -0.380. The summed E-state index contributed by atoms with van der Waals surface area (Å²) in [6, 6.07) is 12.2. The van der Waals surface area contributed by atoms with Crippen LogP contribution in [0.4, 0.5) is 15.8 Å². The maximum atomic E-state index is 13.4. The van der Waals surface area contributed by atoms with E-state index in [1.807, 2.05) is 24.3 Å². The van der Waals surface area contributed by atoms with Gasteiger partial charge >= 0.3 is 0 Å². The first-order valence-electron chi connectivity index (χ1n) is 6.73. The summed E-state index contributed by atoms with van der Waals surface area (Å²) in [6.07, 6.45) is 1.53. The van der Waals surface area contributed by atoms with Gasteiger partial charge in [0.05, 0.1) is 5.25 Å². The molecule has 0 bridgehead atoms. The lowest BCUT2D eigenvalue weighted by atomic mass is 10.1. The van der Waals surface area contributed by atoms with Crippen LogP contribution in [-0.4, -0.2) is 11.2 Å². The van der Waals surface area contributed by atoms with E-state index in [2.05, 4.69) is 5.32 Å². The zero-order chi connectivity index (χ0) is 14.8. The molecule has 2 aromatic rings. The minimum Gasteiger partial charge on any atom is -0.399 e. The standard InChI is InChI=1S/C16H15FN2OS/c17-11-7-12(18)9-13(8-11)21-15-6-5-10-3-1-2-4-14(10)19-16(15)20/h1-4,7-9,15H,5-6,18H2,(H,19,20). The summed E-state index contributed by atoms with van der Waals surface area (Å²) in [5, 5.41) is 2.69. The van der Waals surface area contributed by atoms with Gasteiger partial charge in [-0.25, -0.2) is 4.39 Å². The number of halogens is 1. The number of aryl methyl sites for hydroxylation is 1. The van der Waals surface area contributed by atoms with Gasteiger partial charge in [0.2, 0.25) is 5.91 Å². The van der Waals surface area contributed by atoms with Crippen molar-refractivity contribution in [3.8, 4) is 0 Å². The molecule has 1 unspecified atom stereocenters. The molecule has 1 amide bonds. The molecule has 0 spiro atoms. The number of para-hydroxylation sites is 1.